The molecule has 0 aliphatic rings. The molecule has 0 atom stereocenters. The molecule has 7 heteroatoms. The van der Waals surface area contributed by atoms with Crippen LogP contribution in [-0.2, 0) is 11.3 Å². The number of hydrogen-bond acceptors (Lipinski definition) is 4. The molecule has 28 heavy (non-hydrogen) atoms. The predicted molar refractivity (Wildman–Crippen MR) is 106 cm³/mol. The van der Waals surface area contributed by atoms with Crippen LogP contribution in [-0.4, -0.2) is 16.8 Å². The van der Waals surface area contributed by atoms with Crippen molar-refractivity contribution in [3.8, 4) is 0 Å². The Morgan fingerprint density at radius 3 is 2.50 bits per heavy atom. The lowest BCUT2D eigenvalue weighted by atomic mass is 10.2. The van der Waals surface area contributed by atoms with Crippen LogP contribution in [0, 0.1) is 5.82 Å². The van der Waals surface area contributed by atoms with Gasteiger partial charge in [0, 0.05) is 42.3 Å². The SMILES string of the molecule is CC(=O)Nc1cccc(Nc2ccnc(C(=O)NCc3ccccc3F)c2)c1. The summed E-state index contributed by atoms with van der Waals surface area (Å²) in [5, 5.41) is 8.54. The molecule has 0 radical (unpaired) electrons. The normalized spacial score (nSPS) is 10.2. The molecule has 1 aromatic heterocycles. The van der Waals surface area contributed by atoms with Crippen molar-refractivity contribution < 1.29 is 14.0 Å². The Morgan fingerprint density at radius 2 is 1.71 bits per heavy atom. The summed E-state index contributed by atoms with van der Waals surface area (Å²) in [7, 11) is 0. The summed E-state index contributed by atoms with van der Waals surface area (Å²) in [4.78, 5) is 27.6. The van der Waals surface area contributed by atoms with E-state index in [0.29, 0.717) is 16.9 Å². The van der Waals surface area contributed by atoms with Gasteiger partial charge in [-0.15, -0.1) is 0 Å². The first kappa shape index (κ1) is 19.0. The molecule has 0 aliphatic heterocycles. The van der Waals surface area contributed by atoms with Crippen LogP contribution in [0.1, 0.15) is 23.0 Å². The third-order valence-corrected chi connectivity index (χ3v) is 3.86. The molecule has 2 amide bonds. The van der Waals surface area contributed by atoms with Gasteiger partial charge in [-0.1, -0.05) is 24.3 Å². The Morgan fingerprint density at radius 1 is 0.964 bits per heavy atom. The molecule has 0 spiro atoms. The van der Waals surface area contributed by atoms with Crippen molar-refractivity contribution in [2.75, 3.05) is 10.6 Å². The second kappa shape index (κ2) is 8.77. The average Bonchev–Trinajstić information content (AvgIpc) is 2.67. The van der Waals surface area contributed by atoms with Crippen LogP contribution in [0.4, 0.5) is 21.5 Å². The van der Waals surface area contributed by atoms with Crippen molar-refractivity contribution in [1.29, 1.82) is 0 Å². The number of amides is 2. The van der Waals surface area contributed by atoms with E-state index < -0.39 is 5.91 Å². The number of nitrogens with one attached hydrogen (secondary N) is 3. The first-order valence-corrected chi connectivity index (χ1v) is 8.63. The van der Waals surface area contributed by atoms with Crippen molar-refractivity contribution in [2.24, 2.45) is 0 Å². The third kappa shape index (κ3) is 5.14. The maximum absolute atomic E-state index is 13.7. The molecule has 0 saturated carbocycles. The van der Waals surface area contributed by atoms with Gasteiger partial charge in [0.25, 0.3) is 5.91 Å². The molecule has 3 aromatic rings. The van der Waals surface area contributed by atoms with Gasteiger partial charge in [0.05, 0.1) is 0 Å². The number of hydrogen-bond donors (Lipinski definition) is 3. The highest BCUT2D eigenvalue weighted by molar-refractivity contribution is 5.93. The van der Waals surface area contributed by atoms with Crippen LogP contribution >= 0.6 is 0 Å². The Labute approximate surface area is 161 Å². The van der Waals surface area contributed by atoms with E-state index in [-0.39, 0.29) is 24.0 Å². The summed E-state index contributed by atoms with van der Waals surface area (Å²) >= 11 is 0. The standard InChI is InChI=1S/C21H19FN4O2/c1-14(27)25-16-6-4-7-17(11-16)26-18-9-10-23-20(12-18)21(28)24-13-15-5-2-3-8-19(15)22/h2-12H,13H2,1H3,(H,23,26)(H,24,28)(H,25,27). The van der Waals surface area contributed by atoms with E-state index in [4.69, 9.17) is 0 Å². The summed E-state index contributed by atoms with van der Waals surface area (Å²) in [6.45, 7) is 1.51. The quantitative estimate of drug-likeness (QED) is 0.608. The van der Waals surface area contributed by atoms with E-state index in [1.807, 2.05) is 6.07 Å². The molecule has 2 aromatic carbocycles. The maximum Gasteiger partial charge on any atom is 0.270 e. The summed E-state index contributed by atoms with van der Waals surface area (Å²) in [6.07, 6.45) is 1.51. The summed E-state index contributed by atoms with van der Waals surface area (Å²) in [5.74, 6) is -0.931. The van der Waals surface area contributed by atoms with Crippen LogP contribution in [0.3, 0.4) is 0 Å². The minimum absolute atomic E-state index is 0.0730. The third-order valence-electron chi connectivity index (χ3n) is 3.86. The number of benzene rings is 2. The van der Waals surface area contributed by atoms with Gasteiger partial charge in [0.2, 0.25) is 5.91 Å². The van der Waals surface area contributed by atoms with Crippen molar-refractivity contribution in [3.63, 3.8) is 0 Å². The zero-order valence-corrected chi connectivity index (χ0v) is 15.2. The molecule has 0 unspecified atom stereocenters. The van der Waals surface area contributed by atoms with Crippen LogP contribution < -0.4 is 16.0 Å². The first-order chi connectivity index (χ1) is 13.5. The minimum Gasteiger partial charge on any atom is -0.355 e. The molecule has 0 saturated heterocycles. The second-order valence-electron chi connectivity index (χ2n) is 6.09. The van der Waals surface area contributed by atoms with Gasteiger partial charge < -0.3 is 16.0 Å². The highest BCUT2D eigenvalue weighted by Gasteiger charge is 2.09. The Kier molecular flexibility index (Phi) is 5.96. The van der Waals surface area contributed by atoms with Gasteiger partial charge in [-0.2, -0.15) is 0 Å². The lowest BCUT2D eigenvalue weighted by Gasteiger charge is -2.10. The molecular formula is C21H19FN4O2. The topological polar surface area (TPSA) is 83.1 Å². The zero-order valence-electron chi connectivity index (χ0n) is 15.2. The Bertz CT molecular complexity index is 1010. The molecule has 1 heterocycles. The fourth-order valence-corrected chi connectivity index (χ4v) is 2.58. The van der Waals surface area contributed by atoms with Gasteiger partial charge in [0.15, 0.2) is 0 Å². The van der Waals surface area contributed by atoms with Crippen LogP contribution in [0.5, 0.6) is 0 Å². The molecule has 6 nitrogen and oxygen atoms in total. The lowest BCUT2D eigenvalue weighted by molar-refractivity contribution is -0.114. The number of aromatic nitrogens is 1. The van der Waals surface area contributed by atoms with Crippen molar-refractivity contribution in [1.82, 2.24) is 10.3 Å². The van der Waals surface area contributed by atoms with Gasteiger partial charge in [0.1, 0.15) is 11.5 Å². The van der Waals surface area contributed by atoms with Crippen LogP contribution in [0.2, 0.25) is 0 Å². The molecule has 3 rings (SSSR count). The fraction of sp³-hybridized carbons (Fsp3) is 0.0952. The van der Waals surface area contributed by atoms with E-state index >= 15 is 0 Å². The highest BCUT2D eigenvalue weighted by atomic mass is 19.1. The largest absolute Gasteiger partial charge is 0.355 e. The van der Waals surface area contributed by atoms with Crippen LogP contribution in [0.15, 0.2) is 66.9 Å². The zero-order chi connectivity index (χ0) is 19.9. The molecule has 142 valence electrons. The summed E-state index contributed by atoms with van der Waals surface area (Å²) in [5.41, 5.74) is 2.68. The van der Waals surface area contributed by atoms with Gasteiger partial charge in [-0.25, -0.2) is 4.39 Å². The van der Waals surface area contributed by atoms with Crippen molar-refractivity contribution in [2.45, 2.75) is 13.5 Å². The number of rotatable bonds is 6. The molecule has 0 bridgehead atoms. The Balaban J connectivity index is 1.67. The molecular weight excluding hydrogens is 359 g/mol. The first-order valence-electron chi connectivity index (χ1n) is 8.63. The van der Waals surface area contributed by atoms with E-state index in [9.17, 15) is 14.0 Å². The minimum atomic E-state index is -0.404. The van der Waals surface area contributed by atoms with E-state index in [1.54, 1.807) is 48.5 Å². The average molecular weight is 378 g/mol. The van der Waals surface area contributed by atoms with E-state index in [0.717, 1.165) is 5.69 Å². The summed E-state index contributed by atoms with van der Waals surface area (Å²) in [6, 6.07) is 16.8. The molecule has 0 aliphatic carbocycles. The van der Waals surface area contributed by atoms with E-state index in [1.165, 1.54) is 19.2 Å². The van der Waals surface area contributed by atoms with Crippen molar-refractivity contribution in [3.05, 3.63) is 83.9 Å². The highest BCUT2D eigenvalue weighted by Crippen LogP contribution is 2.20. The van der Waals surface area contributed by atoms with Gasteiger partial charge >= 0.3 is 0 Å². The van der Waals surface area contributed by atoms with Crippen molar-refractivity contribution >= 4 is 28.9 Å². The molecule has 0 fully saturated rings. The van der Waals surface area contributed by atoms with E-state index in [2.05, 4.69) is 20.9 Å². The van der Waals surface area contributed by atoms with Gasteiger partial charge in [-0.3, -0.25) is 14.6 Å². The van der Waals surface area contributed by atoms with Crippen LogP contribution in [0.25, 0.3) is 0 Å². The predicted octanol–water partition coefficient (Wildman–Crippen LogP) is 3.85. The number of anilines is 3. The monoisotopic (exact) mass is 378 g/mol. The molecule has 3 N–H and O–H groups in total. The maximum atomic E-state index is 13.7. The number of nitrogens with zero attached hydrogens (tertiary/aromatic N) is 1. The fourth-order valence-electron chi connectivity index (χ4n) is 2.58. The Hall–Kier alpha value is -3.74. The number of halogens is 1. The smallest absolute Gasteiger partial charge is 0.270 e. The second-order valence-corrected chi connectivity index (χ2v) is 6.09. The summed E-state index contributed by atoms with van der Waals surface area (Å²) < 4.78 is 13.7. The number of pyridine rings is 1. The lowest BCUT2D eigenvalue weighted by Crippen LogP contribution is -2.24. The number of carbonyl (C=O) groups is 2. The van der Waals surface area contributed by atoms with Gasteiger partial charge in [-0.05, 0) is 36.4 Å². The number of carbonyl (C=O) groups excluding carboxylic acids is 2.